The second-order valence-corrected chi connectivity index (χ2v) is 7.59. The van der Waals surface area contributed by atoms with Crippen molar-refractivity contribution in [3.63, 3.8) is 0 Å². The molecule has 3 aromatic rings. The highest BCUT2D eigenvalue weighted by molar-refractivity contribution is 7.17. The molecule has 0 bridgehead atoms. The van der Waals surface area contributed by atoms with Crippen molar-refractivity contribution in [3.8, 4) is 16.6 Å². The van der Waals surface area contributed by atoms with Crippen molar-refractivity contribution < 1.29 is 14.3 Å². The maximum absolute atomic E-state index is 12.8. The van der Waals surface area contributed by atoms with Crippen molar-refractivity contribution >= 4 is 22.4 Å². The normalized spacial score (nSPS) is 13.5. The lowest BCUT2D eigenvalue weighted by Crippen LogP contribution is -2.25. The van der Waals surface area contributed by atoms with E-state index in [4.69, 9.17) is 9.47 Å². The predicted octanol–water partition coefficient (Wildman–Crippen LogP) is 2.88. The topological polar surface area (TPSA) is 81.5 Å². The second kappa shape index (κ2) is 8.52. The van der Waals surface area contributed by atoms with Gasteiger partial charge in [0.1, 0.15) is 5.69 Å². The smallest absolute Gasteiger partial charge is 0.268 e. The number of benzene rings is 1. The van der Waals surface area contributed by atoms with Gasteiger partial charge < -0.3 is 19.7 Å². The van der Waals surface area contributed by atoms with Crippen LogP contribution in [0.3, 0.4) is 0 Å². The Morgan fingerprint density at radius 3 is 2.66 bits per heavy atom. The van der Waals surface area contributed by atoms with E-state index in [1.807, 2.05) is 30.5 Å². The molecule has 1 fully saturated rings. The SMILES string of the molecule is COc1cccc(CNC(=O)c2cccn2-c2nnc(N3CCCC3)s2)c1OC. The Labute approximate surface area is 173 Å². The molecule has 1 amide bonds. The Bertz CT molecular complexity index is 994. The highest BCUT2D eigenvalue weighted by atomic mass is 32.1. The maximum Gasteiger partial charge on any atom is 0.268 e. The highest BCUT2D eigenvalue weighted by Gasteiger charge is 2.20. The Morgan fingerprint density at radius 2 is 1.90 bits per heavy atom. The molecule has 3 heterocycles. The minimum atomic E-state index is -0.196. The number of hydrogen-bond donors (Lipinski definition) is 1. The molecule has 2 aromatic heterocycles. The number of para-hydroxylation sites is 1. The van der Waals surface area contributed by atoms with Crippen molar-refractivity contribution in [3.05, 3.63) is 47.8 Å². The third-order valence-corrected chi connectivity index (χ3v) is 5.87. The van der Waals surface area contributed by atoms with Crippen molar-refractivity contribution in [1.82, 2.24) is 20.1 Å². The van der Waals surface area contributed by atoms with Crippen molar-refractivity contribution in [2.75, 3.05) is 32.2 Å². The Kier molecular flexibility index (Phi) is 5.66. The maximum atomic E-state index is 12.8. The van der Waals surface area contributed by atoms with Crippen LogP contribution in [0.1, 0.15) is 28.9 Å². The third-order valence-electron chi connectivity index (χ3n) is 4.89. The zero-order valence-electron chi connectivity index (χ0n) is 16.4. The number of nitrogens with zero attached hydrogens (tertiary/aromatic N) is 4. The Balaban J connectivity index is 1.49. The number of carbonyl (C=O) groups is 1. The molecule has 1 N–H and O–H groups in total. The Hall–Kier alpha value is -3.07. The summed E-state index contributed by atoms with van der Waals surface area (Å²) in [6, 6.07) is 9.19. The van der Waals surface area contributed by atoms with Crippen LogP contribution in [0.2, 0.25) is 0 Å². The zero-order valence-corrected chi connectivity index (χ0v) is 17.2. The number of ether oxygens (including phenoxy) is 2. The number of nitrogens with one attached hydrogen (secondary N) is 1. The van der Waals surface area contributed by atoms with E-state index in [9.17, 15) is 4.79 Å². The largest absolute Gasteiger partial charge is 0.493 e. The van der Waals surface area contributed by atoms with Gasteiger partial charge in [0.05, 0.1) is 14.2 Å². The molecular formula is C20H23N5O3S. The summed E-state index contributed by atoms with van der Waals surface area (Å²) < 4.78 is 12.5. The van der Waals surface area contributed by atoms with Crippen LogP contribution in [0.5, 0.6) is 11.5 Å². The first kappa shape index (κ1) is 19.3. The van der Waals surface area contributed by atoms with Crippen LogP contribution in [0, 0.1) is 0 Å². The van der Waals surface area contributed by atoms with Gasteiger partial charge in [-0.25, -0.2) is 0 Å². The molecule has 0 spiro atoms. The number of anilines is 1. The van der Waals surface area contributed by atoms with Crippen LogP contribution in [0.15, 0.2) is 36.5 Å². The van der Waals surface area contributed by atoms with E-state index < -0.39 is 0 Å². The minimum absolute atomic E-state index is 0.196. The quantitative estimate of drug-likeness (QED) is 0.641. The number of hydrogen-bond acceptors (Lipinski definition) is 7. The summed E-state index contributed by atoms with van der Waals surface area (Å²) in [6.07, 6.45) is 4.19. The van der Waals surface area contributed by atoms with E-state index in [2.05, 4.69) is 20.4 Å². The molecule has 0 aliphatic carbocycles. The molecule has 1 aromatic carbocycles. The second-order valence-electron chi connectivity index (χ2n) is 6.66. The van der Waals surface area contributed by atoms with Gasteiger partial charge in [0.15, 0.2) is 11.5 Å². The van der Waals surface area contributed by atoms with Gasteiger partial charge >= 0.3 is 0 Å². The predicted molar refractivity (Wildman–Crippen MR) is 111 cm³/mol. The molecule has 9 heteroatoms. The van der Waals surface area contributed by atoms with E-state index in [1.165, 1.54) is 24.2 Å². The van der Waals surface area contributed by atoms with Crippen molar-refractivity contribution in [1.29, 1.82) is 0 Å². The van der Waals surface area contributed by atoms with Gasteiger partial charge in [-0.3, -0.25) is 9.36 Å². The van der Waals surface area contributed by atoms with E-state index in [0.717, 1.165) is 23.8 Å². The Morgan fingerprint density at radius 1 is 1.10 bits per heavy atom. The van der Waals surface area contributed by atoms with E-state index in [-0.39, 0.29) is 5.91 Å². The molecule has 1 aliphatic rings. The molecule has 1 aliphatic heterocycles. The molecule has 0 unspecified atom stereocenters. The first-order valence-corrected chi connectivity index (χ1v) is 10.3. The van der Waals surface area contributed by atoms with E-state index >= 15 is 0 Å². The first-order chi connectivity index (χ1) is 14.2. The number of methoxy groups -OCH3 is 2. The molecule has 29 heavy (non-hydrogen) atoms. The third kappa shape index (κ3) is 3.91. The van der Waals surface area contributed by atoms with Crippen LogP contribution >= 0.6 is 11.3 Å². The van der Waals surface area contributed by atoms with Gasteiger partial charge in [0.25, 0.3) is 5.91 Å². The van der Waals surface area contributed by atoms with Crippen LogP contribution in [-0.4, -0.2) is 48.0 Å². The fourth-order valence-electron chi connectivity index (χ4n) is 3.43. The van der Waals surface area contributed by atoms with Crippen LogP contribution in [-0.2, 0) is 6.54 Å². The molecule has 0 atom stereocenters. The molecule has 4 rings (SSSR count). The summed E-state index contributed by atoms with van der Waals surface area (Å²) in [6.45, 7) is 2.34. The van der Waals surface area contributed by atoms with E-state index in [1.54, 1.807) is 24.9 Å². The van der Waals surface area contributed by atoms with Gasteiger partial charge in [-0.05, 0) is 31.0 Å². The molecule has 8 nitrogen and oxygen atoms in total. The molecule has 152 valence electrons. The number of amides is 1. The number of carbonyl (C=O) groups excluding carboxylic acids is 1. The molecule has 0 radical (unpaired) electrons. The summed E-state index contributed by atoms with van der Waals surface area (Å²) in [5.74, 6) is 1.05. The minimum Gasteiger partial charge on any atom is -0.493 e. The summed E-state index contributed by atoms with van der Waals surface area (Å²) in [7, 11) is 3.17. The fraction of sp³-hybridized carbons (Fsp3) is 0.350. The average Bonchev–Trinajstić information content (AvgIpc) is 3.51. The lowest BCUT2D eigenvalue weighted by atomic mass is 10.2. The lowest BCUT2D eigenvalue weighted by Gasteiger charge is -2.13. The lowest BCUT2D eigenvalue weighted by molar-refractivity contribution is 0.0944. The van der Waals surface area contributed by atoms with Gasteiger partial charge in [0, 0.05) is 31.4 Å². The highest BCUT2D eigenvalue weighted by Crippen LogP contribution is 2.31. The van der Waals surface area contributed by atoms with Crippen molar-refractivity contribution in [2.45, 2.75) is 19.4 Å². The van der Waals surface area contributed by atoms with Gasteiger partial charge in [-0.2, -0.15) is 0 Å². The zero-order chi connectivity index (χ0) is 20.2. The van der Waals surface area contributed by atoms with Crippen molar-refractivity contribution in [2.24, 2.45) is 0 Å². The molecular weight excluding hydrogens is 390 g/mol. The van der Waals surface area contributed by atoms with Gasteiger partial charge in [-0.15, -0.1) is 10.2 Å². The van der Waals surface area contributed by atoms with Crippen LogP contribution < -0.4 is 19.7 Å². The summed E-state index contributed by atoms with van der Waals surface area (Å²) in [4.78, 5) is 15.1. The summed E-state index contributed by atoms with van der Waals surface area (Å²) >= 11 is 1.50. The van der Waals surface area contributed by atoms with E-state index in [0.29, 0.717) is 28.9 Å². The number of aromatic nitrogens is 3. The standard InChI is InChI=1S/C20H23N5O3S/c1-27-16-9-5-7-14(17(16)28-2)13-21-18(26)15-8-6-12-25(15)20-23-22-19(29-20)24-10-3-4-11-24/h5-9,12H,3-4,10-11,13H2,1-2H3,(H,21,26). The summed E-state index contributed by atoms with van der Waals surface area (Å²) in [5, 5.41) is 13.1. The first-order valence-electron chi connectivity index (χ1n) is 9.45. The van der Waals surface area contributed by atoms with Crippen LogP contribution in [0.25, 0.3) is 5.13 Å². The monoisotopic (exact) mass is 413 g/mol. The summed E-state index contributed by atoms with van der Waals surface area (Å²) in [5.41, 5.74) is 1.35. The van der Waals surface area contributed by atoms with Gasteiger partial charge in [0.2, 0.25) is 10.3 Å². The van der Waals surface area contributed by atoms with Gasteiger partial charge in [-0.1, -0.05) is 23.5 Å². The molecule has 1 saturated heterocycles. The fourth-order valence-corrected chi connectivity index (χ4v) is 4.33. The average molecular weight is 414 g/mol. The molecule has 0 saturated carbocycles. The van der Waals surface area contributed by atoms with Crippen LogP contribution in [0.4, 0.5) is 5.13 Å². The number of rotatable bonds is 7.